The Kier molecular flexibility index (Phi) is 3.78. The highest BCUT2D eigenvalue weighted by Crippen LogP contribution is 2.15. The molecule has 2 N–H and O–H groups in total. The van der Waals surface area contributed by atoms with Crippen LogP contribution in [0.2, 0.25) is 0 Å². The summed E-state index contributed by atoms with van der Waals surface area (Å²) in [6.45, 7) is 2.77. The van der Waals surface area contributed by atoms with E-state index in [9.17, 15) is 0 Å². The van der Waals surface area contributed by atoms with Gasteiger partial charge < -0.3 is 10.6 Å². The first-order valence-corrected chi connectivity index (χ1v) is 7.40. The van der Waals surface area contributed by atoms with Crippen LogP contribution in [0.1, 0.15) is 11.1 Å². The summed E-state index contributed by atoms with van der Waals surface area (Å²) in [5.74, 6) is 1.49. The molecule has 108 valence electrons. The summed E-state index contributed by atoms with van der Waals surface area (Å²) in [7, 11) is 1.77. The molecule has 0 aliphatic carbocycles. The first-order valence-electron chi connectivity index (χ1n) is 6.45. The Morgan fingerprint density at radius 3 is 2.71 bits per heavy atom. The highest BCUT2D eigenvalue weighted by molar-refractivity contribution is 7.08. The quantitative estimate of drug-likeness (QED) is 0.751. The van der Waals surface area contributed by atoms with E-state index in [1.807, 2.05) is 6.07 Å². The fourth-order valence-electron chi connectivity index (χ4n) is 1.79. The topological polar surface area (TPSA) is 80.5 Å². The van der Waals surface area contributed by atoms with Gasteiger partial charge in [0.05, 0.1) is 0 Å². The summed E-state index contributed by atoms with van der Waals surface area (Å²) in [4.78, 5) is 13.0. The van der Waals surface area contributed by atoms with Crippen molar-refractivity contribution < 1.29 is 0 Å². The van der Waals surface area contributed by atoms with Gasteiger partial charge >= 0.3 is 0 Å². The van der Waals surface area contributed by atoms with E-state index in [-0.39, 0.29) is 0 Å². The third-order valence-electron chi connectivity index (χ3n) is 2.96. The molecule has 3 aromatic rings. The van der Waals surface area contributed by atoms with Crippen molar-refractivity contribution in [1.29, 1.82) is 0 Å². The highest BCUT2D eigenvalue weighted by atomic mass is 32.1. The first-order chi connectivity index (χ1) is 10.3. The zero-order chi connectivity index (χ0) is 14.7. The molecule has 3 rings (SSSR count). The lowest BCUT2D eigenvalue weighted by Gasteiger charge is -2.08. The number of aryl methyl sites for hydroxylation is 1. The Morgan fingerprint density at radius 1 is 1.19 bits per heavy atom. The normalized spacial score (nSPS) is 10.6. The lowest BCUT2D eigenvalue weighted by Crippen LogP contribution is -2.11. The maximum atomic E-state index is 4.38. The third-order valence-corrected chi connectivity index (χ3v) is 3.87. The number of thiophene rings is 1. The van der Waals surface area contributed by atoms with Gasteiger partial charge in [-0.2, -0.15) is 31.4 Å². The van der Waals surface area contributed by atoms with Crippen LogP contribution in [0.15, 0.2) is 29.2 Å². The zero-order valence-corrected chi connectivity index (χ0v) is 12.6. The molecular formula is C13H15N7S. The van der Waals surface area contributed by atoms with Crippen LogP contribution in [0.5, 0.6) is 0 Å². The van der Waals surface area contributed by atoms with Crippen molar-refractivity contribution in [3.63, 3.8) is 0 Å². The van der Waals surface area contributed by atoms with Gasteiger partial charge in [0.15, 0.2) is 0 Å². The van der Waals surface area contributed by atoms with E-state index in [4.69, 9.17) is 0 Å². The van der Waals surface area contributed by atoms with E-state index in [0.29, 0.717) is 24.4 Å². The molecular weight excluding hydrogens is 286 g/mol. The van der Waals surface area contributed by atoms with Crippen molar-refractivity contribution in [2.75, 3.05) is 17.7 Å². The summed E-state index contributed by atoms with van der Waals surface area (Å²) in [5.41, 5.74) is 2.51. The molecule has 8 heteroatoms. The van der Waals surface area contributed by atoms with E-state index >= 15 is 0 Å². The van der Waals surface area contributed by atoms with Crippen molar-refractivity contribution in [2.24, 2.45) is 0 Å². The number of anilines is 2. The van der Waals surface area contributed by atoms with Crippen LogP contribution in [-0.4, -0.2) is 31.8 Å². The van der Waals surface area contributed by atoms with Gasteiger partial charge in [-0.05, 0) is 34.9 Å². The lowest BCUT2D eigenvalue weighted by molar-refractivity contribution is 0.797. The standard InChI is InChI=1S/C13H15N7S/c1-9-7-21-8-10(9)6-15-12-17-11(14-2)18-13(19-12)20-5-3-4-16-20/h3-5,7-8H,6H2,1-2H3,(H2,14,15,17,18,19). The zero-order valence-electron chi connectivity index (χ0n) is 11.7. The van der Waals surface area contributed by atoms with Gasteiger partial charge in [0.2, 0.25) is 11.9 Å². The van der Waals surface area contributed by atoms with Crippen LogP contribution in [-0.2, 0) is 6.54 Å². The van der Waals surface area contributed by atoms with Crippen LogP contribution >= 0.6 is 11.3 Å². The summed E-state index contributed by atoms with van der Waals surface area (Å²) in [6, 6.07) is 1.82. The summed E-state index contributed by atoms with van der Waals surface area (Å²) < 4.78 is 1.60. The fraction of sp³-hybridized carbons (Fsp3) is 0.231. The maximum absolute atomic E-state index is 4.38. The van der Waals surface area contributed by atoms with E-state index < -0.39 is 0 Å². The van der Waals surface area contributed by atoms with Crippen LogP contribution in [0.4, 0.5) is 11.9 Å². The maximum Gasteiger partial charge on any atom is 0.257 e. The molecule has 3 aromatic heterocycles. The van der Waals surface area contributed by atoms with E-state index in [1.54, 1.807) is 35.5 Å². The SMILES string of the molecule is CNc1nc(NCc2cscc2C)nc(-n2cccn2)n1. The van der Waals surface area contributed by atoms with Crippen molar-refractivity contribution in [3.8, 4) is 5.95 Å². The monoisotopic (exact) mass is 301 g/mol. The molecule has 0 amide bonds. The average Bonchev–Trinajstić information content (AvgIpc) is 3.16. The minimum atomic E-state index is 0.476. The molecule has 0 fully saturated rings. The van der Waals surface area contributed by atoms with Crippen molar-refractivity contribution in [1.82, 2.24) is 24.7 Å². The number of hydrogen-bond donors (Lipinski definition) is 2. The second-order valence-corrected chi connectivity index (χ2v) is 5.16. The van der Waals surface area contributed by atoms with Gasteiger partial charge in [0.25, 0.3) is 5.95 Å². The molecule has 0 aliphatic rings. The number of aromatic nitrogens is 5. The van der Waals surface area contributed by atoms with Gasteiger partial charge in [0, 0.05) is 26.0 Å². The Morgan fingerprint density at radius 2 is 2.05 bits per heavy atom. The Bertz CT molecular complexity index is 720. The van der Waals surface area contributed by atoms with Gasteiger partial charge in [-0.1, -0.05) is 0 Å². The van der Waals surface area contributed by atoms with E-state index in [2.05, 4.69) is 48.4 Å². The minimum Gasteiger partial charge on any atom is -0.357 e. The van der Waals surface area contributed by atoms with Gasteiger partial charge in [-0.15, -0.1) is 0 Å². The molecule has 0 aliphatic heterocycles. The number of rotatable bonds is 5. The average molecular weight is 301 g/mol. The first kappa shape index (κ1) is 13.5. The number of nitrogens with zero attached hydrogens (tertiary/aromatic N) is 5. The predicted molar refractivity (Wildman–Crippen MR) is 82.9 cm³/mol. The molecule has 7 nitrogen and oxygen atoms in total. The second-order valence-electron chi connectivity index (χ2n) is 4.42. The molecule has 0 spiro atoms. The van der Waals surface area contributed by atoms with E-state index in [1.165, 1.54) is 11.1 Å². The Hall–Kier alpha value is -2.48. The van der Waals surface area contributed by atoms with Crippen molar-refractivity contribution in [2.45, 2.75) is 13.5 Å². The van der Waals surface area contributed by atoms with Gasteiger partial charge in [-0.3, -0.25) is 0 Å². The summed E-state index contributed by atoms with van der Waals surface area (Å²) >= 11 is 1.69. The third kappa shape index (κ3) is 3.00. The molecule has 0 saturated heterocycles. The highest BCUT2D eigenvalue weighted by Gasteiger charge is 2.08. The molecule has 0 bridgehead atoms. The van der Waals surface area contributed by atoms with Gasteiger partial charge in [-0.25, -0.2) is 4.68 Å². The van der Waals surface area contributed by atoms with Crippen molar-refractivity contribution in [3.05, 3.63) is 40.3 Å². The smallest absolute Gasteiger partial charge is 0.257 e. The second kappa shape index (κ2) is 5.88. The molecule has 0 aromatic carbocycles. The molecule has 0 radical (unpaired) electrons. The largest absolute Gasteiger partial charge is 0.357 e. The summed E-state index contributed by atoms with van der Waals surface area (Å²) in [6.07, 6.45) is 3.48. The van der Waals surface area contributed by atoms with Crippen LogP contribution in [0, 0.1) is 6.92 Å². The number of nitrogens with one attached hydrogen (secondary N) is 2. The predicted octanol–water partition coefficient (Wildman–Crippen LogP) is 2.08. The Balaban J connectivity index is 1.84. The van der Waals surface area contributed by atoms with Crippen molar-refractivity contribution >= 4 is 23.2 Å². The minimum absolute atomic E-state index is 0.476. The molecule has 0 saturated carbocycles. The summed E-state index contributed by atoms with van der Waals surface area (Å²) in [5, 5.41) is 14.5. The molecule has 0 atom stereocenters. The fourth-order valence-corrected chi connectivity index (χ4v) is 2.64. The van der Waals surface area contributed by atoms with Crippen LogP contribution in [0.3, 0.4) is 0 Å². The molecule has 0 unspecified atom stereocenters. The van der Waals surface area contributed by atoms with Crippen LogP contribution in [0.25, 0.3) is 5.95 Å². The van der Waals surface area contributed by atoms with Gasteiger partial charge in [0.1, 0.15) is 0 Å². The molecule has 21 heavy (non-hydrogen) atoms. The Labute approximate surface area is 126 Å². The lowest BCUT2D eigenvalue weighted by atomic mass is 10.2. The van der Waals surface area contributed by atoms with Crippen LogP contribution < -0.4 is 10.6 Å². The van der Waals surface area contributed by atoms with E-state index in [0.717, 1.165) is 0 Å². The number of hydrogen-bond acceptors (Lipinski definition) is 7. The molecule has 3 heterocycles.